The summed E-state index contributed by atoms with van der Waals surface area (Å²) in [5.74, 6) is 0.388. The Labute approximate surface area is 88.2 Å². The molecule has 2 rings (SSSR count). The first kappa shape index (κ1) is 9.68. The second kappa shape index (κ2) is 4.11. The number of aliphatic hydroxyl groups excluding tert-OH is 1. The quantitative estimate of drug-likeness (QED) is 0.777. The predicted octanol–water partition coefficient (Wildman–Crippen LogP) is 1.82. The molecule has 0 radical (unpaired) electrons. The van der Waals surface area contributed by atoms with Crippen molar-refractivity contribution in [2.75, 3.05) is 5.73 Å². The molecule has 3 nitrogen and oxygen atoms in total. The first-order chi connectivity index (χ1) is 7.33. The van der Waals surface area contributed by atoms with Gasteiger partial charge in [0.15, 0.2) is 0 Å². The maximum absolute atomic E-state index is 9.24. The number of nitrogen functional groups attached to an aromatic ring is 1. The average Bonchev–Trinajstić information content (AvgIpc) is 2.30. The van der Waals surface area contributed by atoms with E-state index in [0.29, 0.717) is 11.4 Å². The van der Waals surface area contributed by atoms with Gasteiger partial charge in [0, 0.05) is 11.8 Å². The molecule has 3 heteroatoms. The summed E-state index contributed by atoms with van der Waals surface area (Å²) < 4.78 is 0. The van der Waals surface area contributed by atoms with Crippen LogP contribution in [0.4, 0.5) is 5.82 Å². The smallest absolute Gasteiger partial charge is 0.129 e. The summed E-state index contributed by atoms with van der Waals surface area (Å²) in [6.07, 6.45) is 1.65. The Morgan fingerprint density at radius 3 is 2.53 bits per heavy atom. The van der Waals surface area contributed by atoms with Gasteiger partial charge in [-0.1, -0.05) is 30.3 Å². The van der Waals surface area contributed by atoms with Crippen LogP contribution in [0.5, 0.6) is 0 Å². The van der Waals surface area contributed by atoms with Gasteiger partial charge in [0.2, 0.25) is 0 Å². The molecule has 0 amide bonds. The number of benzene rings is 1. The molecular weight excluding hydrogens is 188 g/mol. The normalized spacial score (nSPS) is 10.2. The highest BCUT2D eigenvalue weighted by atomic mass is 16.3. The molecule has 15 heavy (non-hydrogen) atoms. The predicted molar refractivity (Wildman–Crippen MR) is 60.0 cm³/mol. The van der Waals surface area contributed by atoms with Crippen molar-refractivity contribution in [2.24, 2.45) is 0 Å². The number of anilines is 1. The SMILES string of the molecule is Nc1nccc(-c2ccccc2)c1CO. The van der Waals surface area contributed by atoms with Gasteiger partial charge in [-0.25, -0.2) is 4.98 Å². The lowest BCUT2D eigenvalue weighted by molar-refractivity contribution is 0.282. The van der Waals surface area contributed by atoms with Crippen LogP contribution in [-0.4, -0.2) is 10.1 Å². The van der Waals surface area contributed by atoms with Crippen molar-refractivity contribution in [1.29, 1.82) is 0 Å². The zero-order chi connectivity index (χ0) is 10.7. The van der Waals surface area contributed by atoms with Crippen LogP contribution in [0.3, 0.4) is 0 Å². The van der Waals surface area contributed by atoms with E-state index in [9.17, 15) is 5.11 Å². The lowest BCUT2D eigenvalue weighted by Gasteiger charge is -2.08. The second-order valence-electron chi connectivity index (χ2n) is 3.25. The molecule has 0 fully saturated rings. The van der Waals surface area contributed by atoms with Gasteiger partial charge >= 0.3 is 0 Å². The number of hydrogen-bond acceptors (Lipinski definition) is 3. The van der Waals surface area contributed by atoms with Crippen molar-refractivity contribution in [1.82, 2.24) is 4.98 Å². The molecule has 0 bridgehead atoms. The Balaban J connectivity index is 2.58. The van der Waals surface area contributed by atoms with Gasteiger partial charge in [0.1, 0.15) is 5.82 Å². The number of aromatic nitrogens is 1. The van der Waals surface area contributed by atoms with Crippen molar-refractivity contribution < 1.29 is 5.11 Å². The molecule has 0 spiro atoms. The van der Waals surface area contributed by atoms with Crippen LogP contribution in [0.2, 0.25) is 0 Å². The molecular formula is C12H12N2O. The molecule has 0 unspecified atom stereocenters. The van der Waals surface area contributed by atoms with Crippen LogP contribution in [0.25, 0.3) is 11.1 Å². The fourth-order valence-corrected chi connectivity index (χ4v) is 1.56. The summed E-state index contributed by atoms with van der Waals surface area (Å²) in [4.78, 5) is 3.95. The van der Waals surface area contributed by atoms with Crippen molar-refractivity contribution in [2.45, 2.75) is 6.61 Å². The van der Waals surface area contributed by atoms with Gasteiger partial charge in [-0.05, 0) is 17.2 Å². The molecule has 1 heterocycles. The zero-order valence-corrected chi connectivity index (χ0v) is 8.22. The van der Waals surface area contributed by atoms with Crippen molar-refractivity contribution >= 4 is 5.82 Å². The van der Waals surface area contributed by atoms with Gasteiger partial charge in [-0.3, -0.25) is 0 Å². The third kappa shape index (κ3) is 1.82. The van der Waals surface area contributed by atoms with Crippen LogP contribution in [0.15, 0.2) is 42.6 Å². The lowest BCUT2D eigenvalue weighted by atomic mass is 10.0. The van der Waals surface area contributed by atoms with Gasteiger partial charge in [-0.15, -0.1) is 0 Å². The molecule has 2 aromatic rings. The van der Waals surface area contributed by atoms with Gasteiger partial charge in [0.05, 0.1) is 6.61 Å². The number of hydrogen-bond donors (Lipinski definition) is 2. The Morgan fingerprint density at radius 1 is 1.13 bits per heavy atom. The molecule has 1 aromatic carbocycles. The van der Waals surface area contributed by atoms with E-state index in [0.717, 1.165) is 11.1 Å². The van der Waals surface area contributed by atoms with Crippen LogP contribution in [0, 0.1) is 0 Å². The minimum atomic E-state index is -0.0934. The van der Waals surface area contributed by atoms with Crippen molar-refractivity contribution in [3.8, 4) is 11.1 Å². The Kier molecular flexibility index (Phi) is 2.65. The van der Waals surface area contributed by atoms with E-state index in [1.165, 1.54) is 0 Å². The third-order valence-corrected chi connectivity index (χ3v) is 2.33. The lowest BCUT2D eigenvalue weighted by Crippen LogP contribution is -1.99. The first-order valence-corrected chi connectivity index (χ1v) is 4.72. The Bertz CT molecular complexity index is 454. The zero-order valence-electron chi connectivity index (χ0n) is 8.22. The molecule has 76 valence electrons. The van der Waals surface area contributed by atoms with Gasteiger partial charge < -0.3 is 10.8 Å². The topological polar surface area (TPSA) is 59.1 Å². The largest absolute Gasteiger partial charge is 0.392 e. The van der Waals surface area contributed by atoms with E-state index in [4.69, 9.17) is 5.73 Å². The summed E-state index contributed by atoms with van der Waals surface area (Å²) in [6.45, 7) is -0.0934. The highest BCUT2D eigenvalue weighted by molar-refractivity contribution is 5.70. The van der Waals surface area contributed by atoms with E-state index in [-0.39, 0.29) is 6.61 Å². The summed E-state index contributed by atoms with van der Waals surface area (Å²) in [5.41, 5.74) is 8.36. The molecule has 0 saturated heterocycles. The van der Waals surface area contributed by atoms with Crippen LogP contribution in [-0.2, 0) is 6.61 Å². The summed E-state index contributed by atoms with van der Waals surface area (Å²) in [7, 11) is 0. The summed E-state index contributed by atoms with van der Waals surface area (Å²) in [5, 5.41) is 9.24. The van der Waals surface area contributed by atoms with Crippen LogP contribution < -0.4 is 5.73 Å². The highest BCUT2D eigenvalue weighted by Gasteiger charge is 2.07. The maximum atomic E-state index is 9.24. The Morgan fingerprint density at radius 2 is 1.87 bits per heavy atom. The first-order valence-electron chi connectivity index (χ1n) is 4.72. The number of rotatable bonds is 2. The fraction of sp³-hybridized carbons (Fsp3) is 0.0833. The standard InChI is InChI=1S/C12H12N2O/c13-12-11(8-15)10(6-7-14-12)9-4-2-1-3-5-9/h1-7,15H,8H2,(H2,13,14). The molecule has 0 aliphatic heterocycles. The maximum Gasteiger partial charge on any atom is 0.129 e. The van der Waals surface area contributed by atoms with E-state index in [1.807, 2.05) is 36.4 Å². The van der Waals surface area contributed by atoms with E-state index >= 15 is 0 Å². The highest BCUT2D eigenvalue weighted by Crippen LogP contribution is 2.25. The number of pyridine rings is 1. The molecule has 3 N–H and O–H groups in total. The minimum Gasteiger partial charge on any atom is -0.392 e. The average molecular weight is 200 g/mol. The fourth-order valence-electron chi connectivity index (χ4n) is 1.56. The summed E-state index contributed by atoms with van der Waals surface area (Å²) in [6, 6.07) is 11.7. The van der Waals surface area contributed by atoms with Gasteiger partial charge in [0.25, 0.3) is 0 Å². The molecule has 0 saturated carbocycles. The van der Waals surface area contributed by atoms with E-state index in [1.54, 1.807) is 6.20 Å². The summed E-state index contributed by atoms with van der Waals surface area (Å²) >= 11 is 0. The molecule has 0 aliphatic rings. The minimum absolute atomic E-state index is 0.0934. The van der Waals surface area contributed by atoms with Gasteiger partial charge in [-0.2, -0.15) is 0 Å². The molecule has 0 aliphatic carbocycles. The van der Waals surface area contributed by atoms with E-state index in [2.05, 4.69) is 4.98 Å². The number of nitrogens with two attached hydrogens (primary N) is 1. The Hall–Kier alpha value is -1.87. The third-order valence-electron chi connectivity index (χ3n) is 2.33. The second-order valence-corrected chi connectivity index (χ2v) is 3.25. The molecule has 1 aromatic heterocycles. The number of nitrogens with zero attached hydrogens (tertiary/aromatic N) is 1. The molecule has 0 atom stereocenters. The van der Waals surface area contributed by atoms with Crippen LogP contribution >= 0.6 is 0 Å². The van der Waals surface area contributed by atoms with Crippen molar-refractivity contribution in [3.05, 3.63) is 48.2 Å². The monoisotopic (exact) mass is 200 g/mol. The van der Waals surface area contributed by atoms with E-state index < -0.39 is 0 Å². The number of aliphatic hydroxyl groups is 1. The van der Waals surface area contributed by atoms with Crippen molar-refractivity contribution in [3.63, 3.8) is 0 Å². The van der Waals surface area contributed by atoms with Crippen LogP contribution in [0.1, 0.15) is 5.56 Å².